The van der Waals surface area contributed by atoms with Crippen LogP contribution in [0.2, 0.25) is 25.7 Å². The van der Waals surface area contributed by atoms with Gasteiger partial charge in [0.1, 0.15) is 28.9 Å². The molecule has 4 aromatic heterocycles. The van der Waals surface area contributed by atoms with Crippen LogP contribution in [0.1, 0.15) is 24.8 Å². The topological polar surface area (TPSA) is 89.0 Å². The summed E-state index contributed by atoms with van der Waals surface area (Å²) in [5.74, 6) is 1.80. The van der Waals surface area contributed by atoms with Gasteiger partial charge >= 0.3 is 0 Å². The molecule has 4 aromatic rings. The number of hydrogen-bond acceptors (Lipinski definition) is 9. The van der Waals surface area contributed by atoms with E-state index < -0.39 is 8.07 Å². The van der Waals surface area contributed by atoms with E-state index >= 15 is 0 Å². The van der Waals surface area contributed by atoms with E-state index in [1.165, 1.54) is 0 Å². The van der Waals surface area contributed by atoms with Gasteiger partial charge in [-0.2, -0.15) is 0 Å². The molecule has 0 bridgehead atoms. The summed E-state index contributed by atoms with van der Waals surface area (Å²) in [5.41, 5.74) is 2.39. The summed E-state index contributed by atoms with van der Waals surface area (Å²) in [7, 11) is -1.19. The van der Waals surface area contributed by atoms with E-state index in [1.807, 2.05) is 41.3 Å². The van der Waals surface area contributed by atoms with Gasteiger partial charge in [-0.15, -0.1) is 10.2 Å². The summed E-state index contributed by atoms with van der Waals surface area (Å²) in [6.07, 6.45) is 3.53. The van der Waals surface area contributed by atoms with E-state index in [4.69, 9.17) is 9.72 Å². The Morgan fingerprint density at radius 1 is 1.03 bits per heavy atom. The number of pyridine rings is 3. The molecule has 10 heteroatoms. The summed E-state index contributed by atoms with van der Waals surface area (Å²) in [5, 5.41) is 14.0. The smallest absolute Gasteiger partial charge is 0.215 e. The number of rotatable bonds is 10. The van der Waals surface area contributed by atoms with Gasteiger partial charge in [0.2, 0.25) is 5.13 Å². The van der Waals surface area contributed by atoms with Crippen molar-refractivity contribution in [3.05, 3.63) is 53.8 Å². The van der Waals surface area contributed by atoms with Crippen LogP contribution in [0.3, 0.4) is 0 Å². The molecule has 0 aromatic carbocycles. The number of nitrogens with zero attached hydrogens (tertiary/aromatic N) is 6. The van der Waals surface area contributed by atoms with Crippen molar-refractivity contribution in [1.29, 1.82) is 0 Å². The van der Waals surface area contributed by atoms with Gasteiger partial charge in [0, 0.05) is 33.0 Å². The molecule has 0 unspecified atom stereocenters. The Hall–Kier alpha value is -2.95. The Morgan fingerprint density at radius 3 is 2.59 bits per heavy atom. The Bertz CT molecular complexity index is 1230. The predicted molar refractivity (Wildman–Crippen MR) is 142 cm³/mol. The lowest BCUT2D eigenvalue weighted by Gasteiger charge is -2.22. The van der Waals surface area contributed by atoms with Gasteiger partial charge in [-0.05, 0) is 36.4 Å². The van der Waals surface area contributed by atoms with Crippen LogP contribution in [-0.4, -0.2) is 46.6 Å². The quantitative estimate of drug-likeness (QED) is 0.159. The monoisotopic (exact) mass is 493 g/mol. The molecule has 0 spiro atoms. The molecule has 0 aliphatic carbocycles. The second-order valence-electron chi connectivity index (χ2n) is 9.59. The number of ether oxygens (including phenoxy) is 1. The van der Waals surface area contributed by atoms with Gasteiger partial charge in [-0.25, -0.2) is 9.97 Å². The first-order valence-corrected chi connectivity index (χ1v) is 15.9. The molecule has 4 rings (SSSR count). The van der Waals surface area contributed by atoms with Crippen molar-refractivity contribution in [3.63, 3.8) is 0 Å². The lowest BCUT2D eigenvalue weighted by atomic mass is 10.2. The maximum Gasteiger partial charge on any atom is 0.215 e. The van der Waals surface area contributed by atoms with E-state index in [0.717, 1.165) is 44.5 Å². The first kappa shape index (κ1) is 24.2. The van der Waals surface area contributed by atoms with Crippen molar-refractivity contribution < 1.29 is 4.74 Å². The second kappa shape index (κ2) is 10.5. The van der Waals surface area contributed by atoms with E-state index in [2.05, 4.69) is 59.0 Å². The Morgan fingerprint density at radius 2 is 1.88 bits per heavy atom. The maximum absolute atomic E-state index is 6.11. The van der Waals surface area contributed by atoms with Crippen molar-refractivity contribution in [3.8, 4) is 0 Å². The Kier molecular flexibility index (Phi) is 7.49. The Balaban J connectivity index is 1.67. The molecule has 1 N–H and O–H groups in total. The fourth-order valence-electron chi connectivity index (χ4n) is 3.16. The number of aromatic nitrogens is 5. The molecule has 0 amide bonds. The minimum absolute atomic E-state index is 0.309. The van der Waals surface area contributed by atoms with Gasteiger partial charge in [0.25, 0.3) is 0 Å². The third-order valence-corrected chi connectivity index (χ3v) is 8.10. The minimum atomic E-state index is -1.19. The van der Waals surface area contributed by atoms with Crippen molar-refractivity contribution >= 4 is 52.9 Å². The number of fused-ring (bicyclic) bond motifs is 1. The van der Waals surface area contributed by atoms with Crippen molar-refractivity contribution in [2.45, 2.75) is 45.5 Å². The average molecular weight is 494 g/mol. The summed E-state index contributed by atoms with van der Waals surface area (Å²) in [6.45, 7) is 12.4. The van der Waals surface area contributed by atoms with Gasteiger partial charge in [-0.3, -0.25) is 9.88 Å². The zero-order chi connectivity index (χ0) is 24.1. The Labute approximate surface area is 205 Å². The van der Waals surface area contributed by atoms with E-state index in [0.29, 0.717) is 19.3 Å². The van der Waals surface area contributed by atoms with Crippen molar-refractivity contribution in [2.75, 3.05) is 23.6 Å². The molecular weight excluding hydrogens is 462 g/mol. The standard InChI is InChI=1S/C24H31N7OSSi/c1-17(2)23-29-30-24(33-23)31(16-32-14-15-34(3,4)5)21-10-9-18-22(28-21)19(11-13-25-18)27-20-8-6-7-12-26-20/h6-13,17H,14-16H2,1-5H3,(H,25,26,27). The zero-order valence-electron chi connectivity index (χ0n) is 20.3. The molecule has 0 aliphatic rings. The summed E-state index contributed by atoms with van der Waals surface area (Å²) >= 11 is 1.57. The number of hydrogen-bond donors (Lipinski definition) is 1. The van der Waals surface area contributed by atoms with Crippen LogP contribution in [0.4, 0.5) is 22.5 Å². The number of anilines is 4. The van der Waals surface area contributed by atoms with E-state index in [9.17, 15) is 0 Å². The van der Waals surface area contributed by atoms with Crippen molar-refractivity contribution in [1.82, 2.24) is 25.1 Å². The lowest BCUT2D eigenvalue weighted by Crippen LogP contribution is -2.26. The lowest BCUT2D eigenvalue weighted by molar-refractivity contribution is 0.153. The fraction of sp³-hybridized carbons (Fsp3) is 0.375. The highest BCUT2D eigenvalue weighted by molar-refractivity contribution is 7.15. The van der Waals surface area contributed by atoms with E-state index in [1.54, 1.807) is 23.7 Å². The molecule has 0 aliphatic heterocycles. The zero-order valence-corrected chi connectivity index (χ0v) is 22.1. The van der Waals surface area contributed by atoms with Gasteiger partial charge in [-0.1, -0.05) is 50.9 Å². The normalized spacial score (nSPS) is 11.8. The maximum atomic E-state index is 6.11. The molecule has 178 valence electrons. The molecule has 0 saturated heterocycles. The highest BCUT2D eigenvalue weighted by Gasteiger charge is 2.20. The fourth-order valence-corrected chi connectivity index (χ4v) is 4.76. The SMILES string of the molecule is CC(C)c1nnc(N(COCC[Si](C)(C)C)c2ccc3nccc(Nc4ccccn4)c3n2)s1. The first-order chi connectivity index (χ1) is 16.3. The third-order valence-electron chi connectivity index (χ3n) is 5.14. The van der Waals surface area contributed by atoms with Crippen LogP contribution in [0.25, 0.3) is 11.0 Å². The molecule has 8 nitrogen and oxygen atoms in total. The molecule has 0 saturated carbocycles. The van der Waals surface area contributed by atoms with Crippen LogP contribution in [-0.2, 0) is 4.74 Å². The van der Waals surface area contributed by atoms with Crippen LogP contribution in [0, 0.1) is 0 Å². The van der Waals surface area contributed by atoms with Crippen LogP contribution in [0.15, 0.2) is 48.8 Å². The molecule has 4 heterocycles. The highest BCUT2D eigenvalue weighted by Crippen LogP contribution is 2.32. The van der Waals surface area contributed by atoms with Crippen LogP contribution >= 0.6 is 11.3 Å². The summed E-state index contributed by atoms with van der Waals surface area (Å²) in [4.78, 5) is 15.8. The average Bonchev–Trinajstić information content (AvgIpc) is 3.29. The van der Waals surface area contributed by atoms with Crippen molar-refractivity contribution in [2.24, 2.45) is 0 Å². The molecular formula is C24H31N7OSSi. The van der Waals surface area contributed by atoms with Gasteiger partial charge < -0.3 is 10.1 Å². The van der Waals surface area contributed by atoms with Gasteiger partial charge in [0.15, 0.2) is 0 Å². The minimum Gasteiger partial charge on any atom is -0.361 e. The van der Waals surface area contributed by atoms with Crippen LogP contribution < -0.4 is 10.2 Å². The summed E-state index contributed by atoms with van der Waals surface area (Å²) in [6, 6.07) is 12.7. The highest BCUT2D eigenvalue weighted by atomic mass is 32.1. The molecule has 34 heavy (non-hydrogen) atoms. The predicted octanol–water partition coefficient (Wildman–Crippen LogP) is 6.19. The van der Waals surface area contributed by atoms with Crippen LogP contribution in [0.5, 0.6) is 0 Å². The second-order valence-corrected chi connectivity index (χ2v) is 16.2. The number of nitrogens with one attached hydrogen (secondary N) is 1. The first-order valence-electron chi connectivity index (χ1n) is 11.4. The largest absolute Gasteiger partial charge is 0.361 e. The summed E-state index contributed by atoms with van der Waals surface area (Å²) < 4.78 is 6.11. The molecule has 0 fully saturated rings. The van der Waals surface area contributed by atoms with Gasteiger partial charge in [0.05, 0.1) is 11.2 Å². The van der Waals surface area contributed by atoms with E-state index in [-0.39, 0.29) is 0 Å². The third kappa shape index (κ3) is 6.13. The molecule has 0 atom stereocenters. The molecule has 0 radical (unpaired) electrons.